The van der Waals surface area contributed by atoms with Crippen molar-refractivity contribution in [3.05, 3.63) is 6.42 Å². The van der Waals surface area contributed by atoms with E-state index in [0.717, 1.165) is 0 Å². The van der Waals surface area contributed by atoms with Gasteiger partial charge >= 0.3 is 0 Å². The second-order valence-corrected chi connectivity index (χ2v) is 1.55. The van der Waals surface area contributed by atoms with Crippen LogP contribution in [0.2, 0.25) is 0 Å². The minimum atomic E-state index is 0. The maximum Gasteiger partial charge on any atom is 0 e. The van der Waals surface area contributed by atoms with Crippen LogP contribution in [0.4, 0.5) is 0 Å². The third-order valence-corrected chi connectivity index (χ3v) is 0.846. The largest absolute Gasteiger partial charge is 1.00 e. The van der Waals surface area contributed by atoms with Crippen LogP contribution >= 0.6 is 0 Å². The Hall–Kier alpha value is 1.10. The van der Waals surface area contributed by atoms with Crippen LogP contribution in [0.15, 0.2) is 0 Å². The van der Waals surface area contributed by atoms with Crippen molar-refractivity contribution in [2.45, 2.75) is 33.1 Å². The van der Waals surface area contributed by atoms with Gasteiger partial charge in [-0.15, -0.1) is 0 Å². The van der Waals surface area contributed by atoms with Gasteiger partial charge in [0.25, 0.3) is 0 Å². The molecule has 0 aliphatic heterocycles. The van der Waals surface area contributed by atoms with Crippen molar-refractivity contribution in [1.82, 2.24) is 0 Å². The van der Waals surface area contributed by atoms with E-state index >= 15 is 0 Å². The summed E-state index contributed by atoms with van der Waals surface area (Å²) in [6.45, 7) is 4.32. The molecule has 0 heterocycles. The van der Waals surface area contributed by atoms with Crippen LogP contribution < -0.4 is 17.0 Å². The zero-order valence-electron chi connectivity index (χ0n) is 5.78. The first-order chi connectivity index (χ1) is 2.91. The predicted octanol–water partition coefficient (Wildman–Crippen LogP) is -0.598. The van der Waals surface area contributed by atoms with Crippen molar-refractivity contribution >= 4 is 0 Å². The zero-order chi connectivity index (χ0) is 4.83. The summed E-state index contributed by atoms with van der Waals surface area (Å²) in [4.78, 5) is 0. The predicted molar refractivity (Wildman–Crippen MR) is 29.5 cm³/mol. The molecule has 0 aliphatic carbocycles. The summed E-state index contributed by atoms with van der Waals surface area (Å²) >= 11 is 0. The van der Waals surface area contributed by atoms with E-state index < -0.39 is 0 Å². The van der Waals surface area contributed by atoms with Crippen LogP contribution in [-0.4, -0.2) is 0 Å². The first-order valence-corrected chi connectivity index (χ1v) is 2.69. The first kappa shape index (κ1) is 16.0. The van der Waals surface area contributed by atoms with Crippen molar-refractivity contribution in [2.24, 2.45) is 0 Å². The van der Waals surface area contributed by atoms with Crippen LogP contribution in [0.25, 0.3) is 0 Å². The molecule has 0 bridgehead atoms. The van der Waals surface area contributed by atoms with Crippen molar-refractivity contribution in [1.29, 1.82) is 0 Å². The van der Waals surface area contributed by atoms with Crippen LogP contribution in [0.3, 0.4) is 0 Å². The second-order valence-electron chi connectivity index (χ2n) is 1.55. The fourth-order valence-corrected chi connectivity index (χ4v) is 0.408. The van der Waals surface area contributed by atoms with E-state index in [4.69, 9.17) is 0 Å². The van der Waals surface area contributed by atoms with Gasteiger partial charge in [0.2, 0.25) is 0 Å². The maximum absolute atomic E-state index is 2.21. The van der Waals surface area contributed by atoms with Crippen LogP contribution in [0.1, 0.15) is 33.1 Å². The van der Waals surface area contributed by atoms with E-state index in [9.17, 15) is 0 Å². The minimum Gasteiger partial charge on any atom is -1.00 e. The van der Waals surface area contributed by atoms with Crippen LogP contribution in [0, 0.1) is 6.42 Å². The molecule has 0 nitrogen and oxygen atoms in total. The van der Waals surface area contributed by atoms with Crippen molar-refractivity contribution in [2.75, 3.05) is 0 Å². The first-order valence-electron chi connectivity index (χ1n) is 2.69. The van der Waals surface area contributed by atoms with Gasteiger partial charge in [-0.05, 0) is 6.42 Å². The van der Waals surface area contributed by atoms with Crippen molar-refractivity contribution in [3.8, 4) is 0 Å². The Morgan fingerprint density at radius 3 is 2.00 bits per heavy atom. The zero-order valence-corrected chi connectivity index (χ0v) is 10.3. The summed E-state index contributed by atoms with van der Waals surface area (Å²) in [5.41, 5.74) is 0. The molecule has 0 aliphatic rings. The maximum atomic E-state index is 2.21. The van der Waals surface area contributed by atoms with Crippen molar-refractivity contribution in [3.63, 3.8) is 0 Å². The fraction of sp³-hybridized carbons (Fsp3) is 0.833. The smallest absolute Gasteiger partial charge is 0 e. The number of unbranched alkanes of at least 4 members (excludes halogenated alkanes) is 3. The number of rotatable bonds is 3. The van der Waals surface area contributed by atoms with Gasteiger partial charge in [-0.25, -0.2) is 0 Å². The third kappa shape index (κ3) is 15.7. The third-order valence-electron chi connectivity index (χ3n) is 0.846. The SMILES string of the molecule is C[CH]CCCC.[Br-].[Zn]. The van der Waals surface area contributed by atoms with E-state index in [-0.39, 0.29) is 36.5 Å². The molecule has 0 unspecified atom stereocenters. The Bertz CT molecular complexity index is 20.5. The molecule has 0 aromatic carbocycles. The molecule has 0 aromatic rings. The molecule has 0 N–H and O–H groups in total. The summed E-state index contributed by atoms with van der Waals surface area (Å²) in [7, 11) is 0. The summed E-state index contributed by atoms with van der Waals surface area (Å²) in [6.07, 6.45) is 6.18. The van der Waals surface area contributed by atoms with E-state index in [1.54, 1.807) is 0 Å². The molecule has 0 rings (SSSR count). The Labute approximate surface area is 76.0 Å². The monoisotopic (exact) mass is 228 g/mol. The van der Waals surface area contributed by atoms with E-state index in [1.807, 2.05) is 0 Å². The van der Waals surface area contributed by atoms with E-state index in [0.29, 0.717) is 0 Å². The standard InChI is InChI=1S/C6H13.BrH.Zn/c1-3-5-6-4-2;;/h3H,4-6H2,1-2H3;1H;/p-1. The number of hydrogen-bond acceptors (Lipinski definition) is 0. The summed E-state index contributed by atoms with van der Waals surface area (Å²) in [6, 6.07) is 0. The van der Waals surface area contributed by atoms with Gasteiger partial charge in [-0.2, -0.15) is 0 Å². The van der Waals surface area contributed by atoms with Gasteiger partial charge in [0.1, 0.15) is 0 Å². The molecular formula is C6H13BrZn-. The molecule has 0 amide bonds. The number of hydrogen-bond donors (Lipinski definition) is 0. The van der Waals surface area contributed by atoms with Gasteiger partial charge in [0.05, 0.1) is 0 Å². The average molecular weight is 230 g/mol. The fourth-order valence-electron chi connectivity index (χ4n) is 0.408. The normalized spacial score (nSPS) is 6.75. The van der Waals surface area contributed by atoms with Gasteiger partial charge in [0.15, 0.2) is 0 Å². The molecule has 1 radical (unpaired) electrons. The van der Waals surface area contributed by atoms with Crippen molar-refractivity contribution < 1.29 is 36.5 Å². The Morgan fingerprint density at radius 1 is 1.38 bits per heavy atom. The Morgan fingerprint density at radius 2 is 1.88 bits per heavy atom. The quantitative estimate of drug-likeness (QED) is 0.449. The second kappa shape index (κ2) is 15.7. The Kier molecular flexibility index (Phi) is 31.5. The molecule has 0 atom stereocenters. The molecular weight excluding hydrogens is 217 g/mol. The molecule has 8 heavy (non-hydrogen) atoms. The molecule has 47 valence electrons. The molecule has 2 heteroatoms. The number of halogens is 1. The van der Waals surface area contributed by atoms with E-state index in [2.05, 4.69) is 20.3 Å². The summed E-state index contributed by atoms with van der Waals surface area (Å²) in [5.74, 6) is 0. The molecule has 0 spiro atoms. The molecule has 0 aromatic heterocycles. The molecule has 0 saturated heterocycles. The minimum absolute atomic E-state index is 0. The summed E-state index contributed by atoms with van der Waals surface area (Å²) < 4.78 is 0. The van der Waals surface area contributed by atoms with Gasteiger partial charge in [-0.1, -0.05) is 33.1 Å². The topological polar surface area (TPSA) is 0 Å². The van der Waals surface area contributed by atoms with E-state index in [1.165, 1.54) is 19.3 Å². The van der Waals surface area contributed by atoms with Crippen LogP contribution in [0.5, 0.6) is 0 Å². The van der Waals surface area contributed by atoms with Gasteiger partial charge < -0.3 is 17.0 Å². The average Bonchev–Trinajstić information content (AvgIpc) is 1.61. The summed E-state index contributed by atoms with van der Waals surface area (Å²) in [5, 5.41) is 0. The van der Waals surface area contributed by atoms with Gasteiger partial charge in [-0.3, -0.25) is 0 Å². The Balaban J connectivity index is -0.000000125. The molecule has 0 fully saturated rings. The van der Waals surface area contributed by atoms with Gasteiger partial charge in [0, 0.05) is 19.5 Å². The molecule has 0 saturated carbocycles. The van der Waals surface area contributed by atoms with Crippen LogP contribution in [-0.2, 0) is 19.5 Å².